The van der Waals surface area contributed by atoms with Crippen molar-refractivity contribution in [3.05, 3.63) is 23.3 Å². The summed E-state index contributed by atoms with van der Waals surface area (Å²) in [6, 6.07) is 0. The number of hydrogen-bond acceptors (Lipinski definition) is 8. The quantitative estimate of drug-likeness (QED) is 0.462. The van der Waals surface area contributed by atoms with E-state index in [2.05, 4.69) is 10.2 Å². The minimum absolute atomic E-state index is 0.0611. The van der Waals surface area contributed by atoms with E-state index < -0.39 is 57.9 Å². The highest BCUT2D eigenvalue weighted by Crippen LogP contribution is 2.63. The van der Waals surface area contributed by atoms with Crippen molar-refractivity contribution in [2.75, 3.05) is 6.61 Å². The number of aliphatic hydroxyl groups is 3. The van der Waals surface area contributed by atoms with Gasteiger partial charge in [0.1, 0.15) is 5.60 Å². The Labute approximate surface area is 175 Å². The van der Waals surface area contributed by atoms with Crippen molar-refractivity contribution in [3.8, 4) is 0 Å². The summed E-state index contributed by atoms with van der Waals surface area (Å²) in [4.78, 5) is 24.9. The van der Waals surface area contributed by atoms with Crippen LogP contribution in [-0.2, 0) is 14.3 Å². The first-order valence-corrected chi connectivity index (χ1v) is 10.4. The minimum Gasteiger partial charge on any atom is -0.435 e. The molecule has 0 unspecified atom stereocenters. The summed E-state index contributed by atoms with van der Waals surface area (Å²) in [7, 11) is 0. The molecule has 8 heteroatoms. The summed E-state index contributed by atoms with van der Waals surface area (Å²) < 4.78 is 5.74. The van der Waals surface area contributed by atoms with E-state index in [1.54, 1.807) is 19.1 Å². The van der Waals surface area contributed by atoms with Gasteiger partial charge in [0.2, 0.25) is 5.72 Å². The maximum absolute atomic E-state index is 12.9. The van der Waals surface area contributed by atoms with Crippen LogP contribution >= 0.6 is 0 Å². The van der Waals surface area contributed by atoms with E-state index in [9.17, 15) is 24.9 Å². The number of aliphatic hydroxyl groups excluding tert-OH is 1. The van der Waals surface area contributed by atoms with E-state index in [4.69, 9.17) is 4.74 Å². The molecule has 30 heavy (non-hydrogen) atoms. The van der Waals surface area contributed by atoms with Gasteiger partial charge in [-0.1, -0.05) is 19.1 Å². The Morgan fingerprint density at radius 1 is 1.27 bits per heavy atom. The molecule has 164 valence electrons. The van der Waals surface area contributed by atoms with Gasteiger partial charge in [-0.2, -0.15) is 5.11 Å². The van der Waals surface area contributed by atoms with Crippen molar-refractivity contribution in [2.24, 2.45) is 33.9 Å². The average molecular weight is 418 g/mol. The number of fused-ring (bicyclic) bond motifs is 5. The summed E-state index contributed by atoms with van der Waals surface area (Å²) in [6.07, 6.45) is 3.57. The molecule has 8 nitrogen and oxygen atoms in total. The van der Waals surface area contributed by atoms with Crippen LogP contribution in [0.15, 0.2) is 33.5 Å². The lowest BCUT2D eigenvalue weighted by Crippen LogP contribution is -2.67. The van der Waals surface area contributed by atoms with Gasteiger partial charge >= 0.3 is 5.97 Å². The predicted molar refractivity (Wildman–Crippen MR) is 106 cm³/mol. The van der Waals surface area contributed by atoms with E-state index >= 15 is 0 Å². The van der Waals surface area contributed by atoms with Gasteiger partial charge < -0.3 is 20.1 Å². The van der Waals surface area contributed by atoms with Crippen LogP contribution < -0.4 is 0 Å². The highest BCUT2D eigenvalue weighted by Gasteiger charge is 2.72. The second-order valence-corrected chi connectivity index (χ2v) is 10.0. The maximum atomic E-state index is 12.9. The first-order chi connectivity index (χ1) is 13.8. The molecule has 1 heterocycles. The summed E-state index contributed by atoms with van der Waals surface area (Å²) in [6.45, 7) is 8.15. The van der Waals surface area contributed by atoms with Gasteiger partial charge in [0.05, 0.1) is 23.7 Å². The molecule has 4 aliphatic rings. The molecule has 0 aromatic heterocycles. The van der Waals surface area contributed by atoms with E-state index in [-0.39, 0.29) is 19.4 Å². The summed E-state index contributed by atoms with van der Waals surface area (Å²) >= 11 is 0. The van der Waals surface area contributed by atoms with Crippen LogP contribution in [0.25, 0.3) is 0 Å². The molecule has 4 rings (SSSR count). The summed E-state index contributed by atoms with van der Waals surface area (Å²) in [5.74, 6) is -3.43. The Bertz CT molecular complexity index is 907. The van der Waals surface area contributed by atoms with E-state index in [0.29, 0.717) is 11.1 Å². The molecule has 7 atom stereocenters. The Morgan fingerprint density at radius 2 is 1.93 bits per heavy atom. The Balaban J connectivity index is 1.95. The lowest BCUT2D eigenvalue weighted by Gasteiger charge is -2.56. The first kappa shape index (κ1) is 21.3. The molecular formula is C22H30N2O6. The van der Waals surface area contributed by atoms with E-state index in [0.717, 1.165) is 0 Å². The number of carbonyl (C=O) groups is 2. The predicted octanol–water partition coefficient (Wildman–Crippen LogP) is 1.69. The van der Waals surface area contributed by atoms with Crippen LogP contribution in [0.4, 0.5) is 0 Å². The molecule has 0 aromatic rings. The third-order valence-electron chi connectivity index (χ3n) is 7.62. The molecule has 0 radical (unpaired) electrons. The second-order valence-electron chi connectivity index (χ2n) is 10.0. The van der Waals surface area contributed by atoms with Gasteiger partial charge in [-0.25, -0.2) is 0 Å². The number of azo groups is 1. The van der Waals surface area contributed by atoms with Crippen molar-refractivity contribution in [1.82, 2.24) is 0 Å². The zero-order valence-corrected chi connectivity index (χ0v) is 18.0. The van der Waals surface area contributed by atoms with Crippen LogP contribution in [0.1, 0.15) is 47.5 Å². The molecule has 0 aromatic carbocycles. The number of hydrogen-bond donors (Lipinski definition) is 3. The van der Waals surface area contributed by atoms with E-state index in [1.165, 1.54) is 6.92 Å². The lowest BCUT2D eigenvalue weighted by molar-refractivity contribution is -0.225. The van der Waals surface area contributed by atoms with Gasteiger partial charge in [-0.05, 0) is 37.8 Å². The number of carbonyl (C=O) groups excluding carboxylic acids is 2. The fourth-order valence-corrected chi connectivity index (χ4v) is 6.51. The van der Waals surface area contributed by atoms with Crippen LogP contribution in [0.2, 0.25) is 0 Å². The number of ether oxygens (including phenoxy) is 1. The number of nitrogens with zero attached hydrogens (tertiary/aromatic N) is 2. The number of esters is 1. The molecular weight excluding hydrogens is 388 g/mol. The first-order valence-electron chi connectivity index (χ1n) is 10.4. The third kappa shape index (κ3) is 2.56. The molecule has 0 spiro atoms. The molecule has 0 saturated heterocycles. The molecule has 1 saturated carbocycles. The normalized spacial score (nSPS) is 46.3. The Hall–Kier alpha value is -1.90. The Morgan fingerprint density at radius 3 is 2.53 bits per heavy atom. The van der Waals surface area contributed by atoms with Crippen molar-refractivity contribution >= 4 is 11.8 Å². The van der Waals surface area contributed by atoms with Gasteiger partial charge in [0.25, 0.3) is 0 Å². The maximum Gasteiger partial charge on any atom is 0.304 e. The monoisotopic (exact) mass is 418 g/mol. The fraction of sp³-hybridized carbons (Fsp3) is 0.727. The summed E-state index contributed by atoms with van der Waals surface area (Å²) in [5.41, 5.74) is -4.48. The van der Waals surface area contributed by atoms with E-state index in [1.807, 2.05) is 20.8 Å². The standard InChI is InChI=1S/C22H30N2O6/c1-11-6-16-20(28,18(11)27)9-14(10-25)7-15-17-19(4,5)23-24-21(17,30-13(3)26)8-12(2)22(15,16)29/h6-7,12,15-17,25,28-29H,8-10H2,1-5H3/t12-,15+,16-,17-,20-,21+,22-/m1/s1. The minimum atomic E-state index is -1.82. The highest BCUT2D eigenvalue weighted by molar-refractivity contribution is 6.04. The van der Waals surface area contributed by atoms with Crippen LogP contribution in [-0.4, -0.2) is 56.1 Å². The molecule has 3 aliphatic carbocycles. The lowest BCUT2D eigenvalue weighted by atomic mass is 9.52. The molecule has 1 fully saturated rings. The Kier molecular flexibility index (Phi) is 4.49. The largest absolute Gasteiger partial charge is 0.435 e. The third-order valence-corrected chi connectivity index (χ3v) is 7.62. The zero-order chi connectivity index (χ0) is 22.3. The number of Topliss-reactive ketones (excluding diaryl/α,β-unsaturated/α-hetero) is 1. The molecule has 0 bridgehead atoms. The smallest absolute Gasteiger partial charge is 0.304 e. The second kappa shape index (κ2) is 6.31. The van der Waals surface area contributed by atoms with Crippen molar-refractivity contribution in [2.45, 2.75) is 69.9 Å². The molecule has 3 N–H and O–H groups in total. The highest BCUT2D eigenvalue weighted by atomic mass is 16.6. The summed E-state index contributed by atoms with van der Waals surface area (Å²) in [5, 5.41) is 42.5. The van der Waals surface area contributed by atoms with Crippen molar-refractivity contribution in [3.63, 3.8) is 0 Å². The SMILES string of the molecule is CC(=O)O[C@@]12C[C@@H](C)[C@@]3(O)[C@@H](C=C(CO)C[C@]4(O)C(=O)C(C)=C[C@@H]34)[C@@H]1C(C)(C)N=N2. The van der Waals surface area contributed by atoms with Gasteiger partial charge in [0.15, 0.2) is 5.78 Å². The van der Waals surface area contributed by atoms with Crippen molar-refractivity contribution < 1.29 is 29.6 Å². The topological polar surface area (TPSA) is 129 Å². The average Bonchev–Trinajstić information content (AvgIpc) is 2.98. The molecule has 0 amide bonds. The van der Waals surface area contributed by atoms with Gasteiger partial charge in [-0.3, -0.25) is 9.59 Å². The number of ketones is 1. The van der Waals surface area contributed by atoms with Crippen molar-refractivity contribution in [1.29, 1.82) is 0 Å². The van der Waals surface area contributed by atoms with Crippen LogP contribution in [0, 0.1) is 23.7 Å². The van der Waals surface area contributed by atoms with Gasteiger partial charge in [-0.15, -0.1) is 5.11 Å². The fourth-order valence-electron chi connectivity index (χ4n) is 6.51. The van der Waals surface area contributed by atoms with Crippen LogP contribution in [0.3, 0.4) is 0 Å². The molecule has 1 aliphatic heterocycles. The van der Waals surface area contributed by atoms with Crippen LogP contribution in [0.5, 0.6) is 0 Å². The van der Waals surface area contributed by atoms with Gasteiger partial charge in [0, 0.05) is 31.6 Å². The zero-order valence-electron chi connectivity index (χ0n) is 18.0. The number of rotatable bonds is 2.